The average molecular weight is 788 g/mol. The maximum absolute atomic E-state index is 3.04. The number of benzene rings is 4. The SMILES string of the molecule is CCCCC1C=C(C(C)(C)C)C=[C]1[Zr](=[C](c1ccc(C)cc1)c1ccc(C)cc1)[CH]1c2cc3c(cc2-c2cc4c(cc21)C(C)(C)C=C4C)C(C)=CC3(C)C. The van der Waals surface area contributed by atoms with Crippen LogP contribution in [0.3, 0.4) is 0 Å². The van der Waals surface area contributed by atoms with Gasteiger partial charge in [-0.2, -0.15) is 0 Å². The van der Waals surface area contributed by atoms with Gasteiger partial charge in [-0.05, 0) is 0 Å². The molecule has 0 spiro atoms. The van der Waals surface area contributed by atoms with Crippen molar-refractivity contribution in [1.29, 1.82) is 0 Å². The summed E-state index contributed by atoms with van der Waals surface area (Å²) in [5, 5.41) is 0. The molecule has 4 aliphatic carbocycles. The zero-order valence-electron chi connectivity index (χ0n) is 35.0. The van der Waals surface area contributed by atoms with Gasteiger partial charge in [-0.1, -0.05) is 0 Å². The van der Waals surface area contributed by atoms with E-state index in [9.17, 15) is 0 Å². The topological polar surface area (TPSA) is 0 Å². The second-order valence-electron chi connectivity index (χ2n) is 19.2. The Labute approximate surface area is 334 Å². The first kappa shape index (κ1) is 37.5. The van der Waals surface area contributed by atoms with Crippen molar-refractivity contribution in [2.45, 2.75) is 117 Å². The molecule has 0 bridgehead atoms. The van der Waals surface area contributed by atoms with E-state index in [-0.39, 0.29) is 16.2 Å². The summed E-state index contributed by atoms with van der Waals surface area (Å²) in [5.41, 5.74) is 22.0. The van der Waals surface area contributed by atoms with Gasteiger partial charge >= 0.3 is 336 Å². The van der Waals surface area contributed by atoms with Crippen LogP contribution in [-0.4, -0.2) is 3.21 Å². The molecule has 0 saturated heterocycles. The van der Waals surface area contributed by atoms with Crippen LogP contribution in [0.25, 0.3) is 22.3 Å². The fourth-order valence-electron chi connectivity index (χ4n) is 10.2. The van der Waals surface area contributed by atoms with Gasteiger partial charge in [-0.3, -0.25) is 0 Å². The van der Waals surface area contributed by atoms with Crippen molar-refractivity contribution >= 4 is 14.4 Å². The first-order valence-corrected chi connectivity index (χ1v) is 24.5. The van der Waals surface area contributed by atoms with Crippen molar-refractivity contribution in [1.82, 2.24) is 0 Å². The molecule has 1 heteroatoms. The Morgan fingerprint density at radius 2 is 1.11 bits per heavy atom. The summed E-state index contributed by atoms with van der Waals surface area (Å²) in [7, 11) is 0. The summed E-state index contributed by atoms with van der Waals surface area (Å²) in [5.74, 6) is 0.483. The van der Waals surface area contributed by atoms with E-state index in [0.717, 1.165) is 0 Å². The Bertz CT molecular complexity index is 2220. The number of hydrogen-bond donors (Lipinski definition) is 0. The van der Waals surface area contributed by atoms with Crippen LogP contribution in [0.4, 0.5) is 0 Å². The number of hydrogen-bond acceptors (Lipinski definition) is 0. The maximum atomic E-state index is 2.75. The molecule has 1 atom stereocenters. The third-order valence-electron chi connectivity index (χ3n) is 13.1. The molecule has 0 fully saturated rings. The number of aryl methyl sites for hydroxylation is 2. The van der Waals surface area contributed by atoms with Crippen LogP contribution in [0.5, 0.6) is 0 Å². The Kier molecular flexibility index (Phi) is 9.29. The van der Waals surface area contributed by atoms with E-state index in [1.54, 1.807) is 17.6 Å². The normalized spacial score (nSPS) is 19.1. The molecule has 0 aromatic heterocycles. The van der Waals surface area contributed by atoms with Gasteiger partial charge in [0.25, 0.3) is 0 Å². The Morgan fingerprint density at radius 1 is 0.648 bits per heavy atom. The van der Waals surface area contributed by atoms with E-state index in [1.807, 2.05) is 0 Å². The summed E-state index contributed by atoms with van der Waals surface area (Å²) in [6, 6.07) is 29.9. The molecule has 0 saturated carbocycles. The predicted molar refractivity (Wildman–Crippen MR) is 231 cm³/mol. The summed E-state index contributed by atoms with van der Waals surface area (Å²) < 4.78 is 3.81. The second kappa shape index (κ2) is 13.4. The van der Waals surface area contributed by atoms with Crippen LogP contribution in [0.15, 0.2) is 106 Å². The molecule has 0 aliphatic heterocycles. The van der Waals surface area contributed by atoms with Gasteiger partial charge in [0.05, 0.1) is 0 Å². The number of unbranched alkanes of at least 4 members (excludes halogenated alkanes) is 1. The van der Waals surface area contributed by atoms with Crippen LogP contribution in [-0.2, 0) is 32.1 Å². The van der Waals surface area contributed by atoms with Gasteiger partial charge in [0.2, 0.25) is 0 Å². The fraction of sp³-hybridized carbons (Fsp3) is 0.377. The standard InChI is InChI=1S/C25H25.C15H14.C13H21.Zr/c1-14-12-24(3,4)22-8-16-7-17-9-23-19(15(2)13-25(23,5)6)11-21(17)20(16)10-18(14)22;1-12-3-7-14(8-4-12)11-15-9-5-13(2)6-10-15;1-5-6-7-11-8-9-12(10-11)13(2,3)4;/h7-13H,1-6H3;3-10H,1-2H3;9-11H,5-7H2,1-4H3;. The monoisotopic (exact) mass is 786 g/mol. The first-order valence-electron chi connectivity index (χ1n) is 20.6. The van der Waals surface area contributed by atoms with Gasteiger partial charge in [-0.15, -0.1) is 0 Å². The summed E-state index contributed by atoms with van der Waals surface area (Å²) >= 11 is -3.04. The van der Waals surface area contributed by atoms with E-state index in [4.69, 9.17) is 0 Å². The summed E-state index contributed by atoms with van der Waals surface area (Å²) in [4.78, 5) is 0. The van der Waals surface area contributed by atoms with E-state index in [2.05, 4.69) is 180 Å². The minimum atomic E-state index is -3.04. The second-order valence-corrected chi connectivity index (χ2v) is 25.3. The van der Waals surface area contributed by atoms with Crippen molar-refractivity contribution in [2.24, 2.45) is 11.3 Å². The summed E-state index contributed by atoms with van der Waals surface area (Å²) in [6.45, 7) is 28.4. The van der Waals surface area contributed by atoms with Crippen molar-refractivity contribution in [2.75, 3.05) is 0 Å². The van der Waals surface area contributed by atoms with Crippen molar-refractivity contribution in [3.05, 3.63) is 162 Å². The third kappa shape index (κ3) is 6.26. The molecule has 0 radical (unpaired) electrons. The van der Waals surface area contributed by atoms with Crippen molar-refractivity contribution in [3.63, 3.8) is 0 Å². The Morgan fingerprint density at radius 3 is 1.54 bits per heavy atom. The van der Waals surface area contributed by atoms with E-state index in [0.29, 0.717) is 9.54 Å². The zero-order valence-corrected chi connectivity index (χ0v) is 37.5. The molecule has 0 nitrogen and oxygen atoms in total. The van der Waals surface area contributed by atoms with Gasteiger partial charge < -0.3 is 0 Å². The van der Waals surface area contributed by atoms with Gasteiger partial charge in [0, 0.05) is 0 Å². The molecular weight excluding hydrogens is 728 g/mol. The Balaban J connectivity index is 1.53. The van der Waals surface area contributed by atoms with Crippen molar-refractivity contribution in [3.8, 4) is 11.1 Å². The van der Waals surface area contributed by atoms with E-state index < -0.39 is 21.3 Å². The zero-order chi connectivity index (χ0) is 38.5. The molecule has 276 valence electrons. The van der Waals surface area contributed by atoms with E-state index in [1.165, 1.54) is 91.6 Å². The number of fused-ring (bicyclic) bond motifs is 5. The van der Waals surface area contributed by atoms with E-state index >= 15 is 0 Å². The van der Waals surface area contributed by atoms with Crippen LogP contribution >= 0.6 is 0 Å². The van der Waals surface area contributed by atoms with Gasteiger partial charge in [0.15, 0.2) is 0 Å². The average Bonchev–Trinajstić information content (AvgIpc) is 3.80. The van der Waals surface area contributed by atoms with Crippen LogP contribution in [0.2, 0.25) is 0 Å². The van der Waals surface area contributed by atoms with Crippen molar-refractivity contribution < 1.29 is 21.3 Å². The molecule has 4 aromatic carbocycles. The number of rotatable bonds is 7. The molecular formula is C53H60Zr. The van der Waals surface area contributed by atoms with Gasteiger partial charge in [0.1, 0.15) is 0 Å². The molecule has 4 aliphatic rings. The van der Waals surface area contributed by atoms with Crippen LogP contribution in [0, 0.1) is 25.2 Å². The predicted octanol–water partition coefficient (Wildman–Crippen LogP) is 14.3. The fourth-order valence-corrected chi connectivity index (χ4v) is 19.8. The quantitative estimate of drug-likeness (QED) is 0.175. The molecule has 4 aromatic rings. The first-order chi connectivity index (χ1) is 25.5. The summed E-state index contributed by atoms with van der Waals surface area (Å²) in [6.07, 6.45) is 14.2. The minimum absolute atomic E-state index is 0.0120. The number of allylic oxidation sites excluding steroid dienone is 8. The molecule has 0 heterocycles. The molecule has 8 rings (SSSR count). The van der Waals surface area contributed by atoms with Gasteiger partial charge in [-0.25, -0.2) is 0 Å². The van der Waals surface area contributed by atoms with Crippen LogP contribution < -0.4 is 0 Å². The third-order valence-corrected chi connectivity index (χ3v) is 21.5. The molecule has 1 unspecified atom stereocenters. The van der Waals surface area contributed by atoms with Crippen LogP contribution in [0.1, 0.15) is 148 Å². The molecule has 0 N–H and O–H groups in total. The Hall–Kier alpha value is -3.41. The molecule has 54 heavy (non-hydrogen) atoms. The molecule has 0 amide bonds.